The molecular formula is C11H11FO. The number of carbonyl (C=O) groups is 1. The smallest absolute Gasteiger partial charge is 0.168 e. The molecule has 0 N–H and O–H groups in total. The molecule has 1 aliphatic rings. The summed E-state index contributed by atoms with van der Waals surface area (Å²) in [7, 11) is 0. The minimum Gasteiger partial charge on any atom is -0.294 e. The number of halogens is 1. The van der Waals surface area contributed by atoms with Gasteiger partial charge in [0.15, 0.2) is 5.78 Å². The first kappa shape index (κ1) is 8.42. The molecule has 0 bridgehead atoms. The Kier molecular flexibility index (Phi) is 1.72. The van der Waals surface area contributed by atoms with E-state index < -0.39 is 0 Å². The van der Waals surface area contributed by atoms with Gasteiger partial charge in [-0.2, -0.15) is 0 Å². The highest BCUT2D eigenvalue weighted by Crippen LogP contribution is 2.47. The standard InChI is InChI=1S/C11H11FO/c1-11(6-7-11)10(13)8-2-4-9(12)5-3-8/h2-5H,6-7H2,1H3. The maximum atomic E-state index is 12.6. The predicted molar refractivity (Wildman–Crippen MR) is 48.1 cm³/mol. The Hall–Kier alpha value is -1.18. The van der Waals surface area contributed by atoms with Crippen molar-refractivity contribution < 1.29 is 9.18 Å². The van der Waals surface area contributed by atoms with Crippen LogP contribution in [0.2, 0.25) is 0 Å². The fraction of sp³-hybridized carbons (Fsp3) is 0.364. The van der Waals surface area contributed by atoms with E-state index >= 15 is 0 Å². The molecule has 1 aromatic rings. The molecule has 1 nitrogen and oxygen atoms in total. The Morgan fingerprint density at radius 1 is 1.31 bits per heavy atom. The van der Waals surface area contributed by atoms with Crippen molar-refractivity contribution in [2.24, 2.45) is 5.41 Å². The van der Waals surface area contributed by atoms with Crippen LogP contribution in [0.1, 0.15) is 30.1 Å². The molecule has 0 radical (unpaired) electrons. The van der Waals surface area contributed by atoms with Crippen LogP contribution in [-0.2, 0) is 0 Å². The molecule has 1 saturated carbocycles. The van der Waals surface area contributed by atoms with E-state index in [1.165, 1.54) is 12.1 Å². The Labute approximate surface area is 76.6 Å². The number of Topliss-reactive ketones (excluding diaryl/α,β-unsaturated/α-hetero) is 1. The molecule has 0 aromatic heterocycles. The van der Waals surface area contributed by atoms with Crippen LogP contribution in [0.25, 0.3) is 0 Å². The molecule has 0 unspecified atom stereocenters. The summed E-state index contributed by atoms with van der Waals surface area (Å²) in [5.74, 6) is -0.148. The first-order valence-electron chi connectivity index (χ1n) is 4.42. The molecule has 0 saturated heterocycles. The number of hydrogen-bond acceptors (Lipinski definition) is 1. The lowest BCUT2D eigenvalue weighted by Crippen LogP contribution is -2.11. The van der Waals surface area contributed by atoms with Crippen LogP contribution in [0.3, 0.4) is 0 Å². The number of ketones is 1. The molecule has 2 rings (SSSR count). The third kappa shape index (κ3) is 1.48. The molecule has 68 valence electrons. The lowest BCUT2D eigenvalue weighted by Gasteiger charge is -2.06. The zero-order chi connectivity index (χ0) is 9.47. The molecule has 0 heterocycles. The minimum absolute atomic E-state index is 0.146. The summed E-state index contributed by atoms with van der Waals surface area (Å²) >= 11 is 0. The van der Waals surface area contributed by atoms with E-state index in [0.717, 1.165) is 12.8 Å². The quantitative estimate of drug-likeness (QED) is 0.636. The van der Waals surface area contributed by atoms with Crippen molar-refractivity contribution in [3.05, 3.63) is 35.6 Å². The molecule has 13 heavy (non-hydrogen) atoms. The summed E-state index contributed by atoms with van der Waals surface area (Å²) in [6.07, 6.45) is 1.92. The average molecular weight is 178 g/mol. The molecule has 0 atom stereocenters. The summed E-state index contributed by atoms with van der Waals surface area (Å²) in [6, 6.07) is 5.78. The van der Waals surface area contributed by atoms with Gasteiger partial charge in [-0.15, -0.1) is 0 Å². The van der Waals surface area contributed by atoms with Crippen molar-refractivity contribution in [1.82, 2.24) is 0 Å². The van der Waals surface area contributed by atoms with Crippen molar-refractivity contribution in [3.63, 3.8) is 0 Å². The number of rotatable bonds is 2. The van der Waals surface area contributed by atoms with Gasteiger partial charge in [-0.05, 0) is 37.1 Å². The van der Waals surface area contributed by atoms with E-state index in [-0.39, 0.29) is 17.0 Å². The SMILES string of the molecule is CC1(C(=O)c2ccc(F)cc2)CC1. The van der Waals surface area contributed by atoms with Gasteiger partial charge < -0.3 is 0 Å². The van der Waals surface area contributed by atoms with Gasteiger partial charge in [-0.25, -0.2) is 4.39 Å². The summed E-state index contributed by atoms with van der Waals surface area (Å²) in [6.45, 7) is 1.96. The topological polar surface area (TPSA) is 17.1 Å². The normalized spacial score (nSPS) is 18.3. The third-order valence-electron chi connectivity index (χ3n) is 2.65. The molecule has 1 aliphatic carbocycles. The van der Waals surface area contributed by atoms with Crippen molar-refractivity contribution in [1.29, 1.82) is 0 Å². The lowest BCUT2D eigenvalue weighted by molar-refractivity contribution is 0.0912. The van der Waals surface area contributed by atoms with Gasteiger partial charge in [0.1, 0.15) is 5.82 Å². The fourth-order valence-corrected chi connectivity index (χ4v) is 1.36. The van der Waals surface area contributed by atoms with Crippen molar-refractivity contribution in [2.45, 2.75) is 19.8 Å². The van der Waals surface area contributed by atoms with Gasteiger partial charge in [0.05, 0.1) is 0 Å². The van der Waals surface area contributed by atoms with Gasteiger partial charge in [0, 0.05) is 11.0 Å². The van der Waals surface area contributed by atoms with Crippen LogP contribution in [0.15, 0.2) is 24.3 Å². The summed E-state index contributed by atoms with van der Waals surface area (Å²) in [4.78, 5) is 11.7. The fourth-order valence-electron chi connectivity index (χ4n) is 1.36. The molecule has 1 aromatic carbocycles. The van der Waals surface area contributed by atoms with E-state index in [9.17, 15) is 9.18 Å². The lowest BCUT2D eigenvalue weighted by atomic mass is 9.97. The largest absolute Gasteiger partial charge is 0.294 e. The van der Waals surface area contributed by atoms with Crippen molar-refractivity contribution in [3.8, 4) is 0 Å². The van der Waals surface area contributed by atoms with Crippen LogP contribution in [-0.4, -0.2) is 5.78 Å². The molecular weight excluding hydrogens is 167 g/mol. The highest BCUT2D eigenvalue weighted by atomic mass is 19.1. The van der Waals surface area contributed by atoms with Gasteiger partial charge in [-0.1, -0.05) is 6.92 Å². The Bertz CT molecular complexity index is 336. The van der Waals surface area contributed by atoms with E-state index in [0.29, 0.717) is 5.56 Å². The molecule has 0 aliphatic heterocycles. The number of benzene rings is 1. The van der Waals surface area contributed by atoms with Crippen LogP contribution in [0.5, 0.6) is 0 Å². The van der Waals surface area contributed by atoms with Crippen LogP contribution in [0, 0.1) is 11.2 Å². The third-order valence-corrected chi connectivity index (χ3v) is 2.65. The van der Waals surface area contributed by atoms with Crippen LogP contribution in [0.4, 0.5) is 4.39 Å². The predicted octanol–water partition coefficient (Wildman–Crippen LogP) is 2.81. The van der Waals surface area contributed by atoms with E-state index in [4.69, 9.17) is 0 Å². The zero-order valence-electron chi connectivity index (χ0n) is 7.51. The molecule has 1 fully saturated rings. The summed E-state index contributed by atoms with van der Waals surface area (Å²) in [5.41, 5.74) is 0.471. The van der Waals surface area contributed by atoms with Gasteiger partial charge in [0.2, 0.25) is 0 Å². The van der Waals surface area contributed by atoms with Crippen molar-refractivity contribution in [2.75, 3.05) is 0 Å². The number of carbonyl (C=O) groups excluding carboxylic acids is 1. The summed E-state index contributed by atoms with van der Waals surface area (Å²) < 4.78 is 12.6. The van der Waals surface area contributed by atoms with E-state index in [1.807, 2.05) is 6.92 Å². The van der Waals surface area contributed by atoms with E-state index in [2.05, 4.69) is 0 Å². The Morgan fingerprint density at radius 3 is 2.31 bits per heavy atom. The highest BCUT2D eigenvalue weighted by Gasteiger charge is 2.44. The Balaban J connectivity index is 2.26. The molecule has 2 heteroatoms. The first-order valence-corrected chi connectivity index (χ1v) is 4.42. The van der Waals surface area contributed by atoms with E-state index in [1.54, 1.807) is 12.1 Å². The first-order chi connectivity index (χ1) is 6.12. The summed E-state index contributed by atoms with van der Waals surface area (Å²) in [5, 5.41) is 0. The Morgan fingerprint density at radius 2 is 1.85 bits per heavy atom. The maximum absolute atomic E-state index is 12.6. The second-order valence-corrected chi connectivity index (χ2v) is 3.90. The van der Waals surface area contributed by atoms with Gasteiger partial charge >= 0.3 is 0 Å². The second kappa shape index (κ2) is 2.66. The van der Waals surface area contributed by atoms with Gasteiger partial charge in [-0.3, -0.25) is 4.79 Å². The highest BCUT2D eigenvalue weighted by molar-refractivity contribution is 6.01. The van der Waals surface area contributed by atoms with Gasteiger partial charge in [0.25, 0.3) is 0 Å². The minimum atomic E-state index is -0.294. The molecule has 0 amide bonds. The number of hydrogen-bond donors (Lipinski definition) is 0. The molecule has 0 spiro atoms. The monoisotopic (exact) mass is 178 g/mol. The van der Waals surface area contributed by atoms with Crippen LogP contribution < -0.4 is 0 Å². The maximum Gasteiger partial charge on any atom is 0.168 e. The van der Waals surface area contributed by atoms with Crippen molar-refractivity contribution >= 4 is 5.78 Å². The average Bonchev–Trinajstić information content (AvgIpc) is 2.85. The second-order valence-electron chi connectivity index (χ2n) is 3.90. The van der Waals surface area contributed by atoms with Crippen LogP contribution >= 0.6 is 0 Å². The zero-order valence-corrected chi connectivity index (χ0v) is 7.51.